The molecule has 0 unspecified atom stereocenters. The third-order valence-corrected chi connectivity index (χ3v) is 5.52. The van der Waals surface area contributed by atoms with Crippen LogP contribution >= 0.6 is 11.8 Å². The highest BCUT2D eigenvalue weighted by Gasteiger charge is 2.12. The zero-order valence-corrected chi connectivity index (χ0v) is 18.5. The lowest BCUT2D eigenvalue weighted by molar-refractivity contribution is -0.143. The number of benzene rings is 2. The standard InChI is InChI=1S/C23H26N2O5S/c1-3-29-22(27)9-6-12-25-19-8-5-4-7-18(19)24-23(25)31-14-13-30-20-11-10-17(16-26)15-21(20)28-2/h4-5,7-8,10-11,15-16H,3,6,9,12-14H2,1-2H3. The number of nitrogens with zero attached hydrogens (tertiary/aromatic N) is 2. The number of aryl methyl sites for hydroxylation is 1. The Labute approximate surface area is 185 Å². The molecule has 0 atom stereocenters. The first-order valence-corrected chi connectivity index (χ1v) is 11.1. The van der Waals surface area contributed by atoms with Gasteiger partial charge >= 0.3 is 5.97 Å². The van der Waals surface area contributed by atoms with Crippen LogP contribution in [0.4, 0.5) is 0 Å². The molecule has 0 spiro atoms. The molecular formula is C23H26N2O5S. The molecule has 3 aromatic rings. The highest BCUT2D eigenvalue weighted by molar-refractivity contribution is 7.99. The Kier molecular flexibility index (Phi) is 8.35. The lowest BCUT2D eigenvalue weighted by Crippen LogP contribution is -2.08. The fraction of sp³-hybridized carbons (Fsp3) is 0.348. The lowest BCUT2D eigenvalue weighted by Gasteiger charge is -2.11. The Morgan fingerprint density at radius 2 is 2.03 bits per heavy atom. The number of ether oxygens (including phenoxy) is 3. The van der Waals surface area contributed by atoms with Crippen molar-refractivity contribution >= 4 is 35.1 Å². The van der Waals surface area contributed by atoms with Gasteiger partial charge in [-0.1, -0.05) is 23.9 Å². The van der Waals surface area contributed by atoms with Crippen LogP contribution in [0.5, 0.6) is 11.5 Å². The molecule has 164 valence electrons. The Bertz CT molecular complexity index is 1030. The molecular weight excluding hydrogens is 416 g/mol. The highest BCUT2D eigenvalue weighted by Crippen LogP contribution is 2.29. The molecule has 1 heterocycles. The molecule has 0 aliphatic carbocycles. The summed E-state index contributed by atoms with van der Waals surface area (Å²) in [5, 5.41) is 0.886. The number of thioether (sulfide) groups is 1. The van der Waals surface area contributed by atoms with E-state index in [2.05, 4.69) is 4.57 Å². The summed E-state index contributed by atoms with van der Waals surface area (Å²) < 4.78 is 18.3. The van der Waals surface area contributed by atoms with Gasteiger partial charge in [-0.15, -0.1) is 0 Å². The van der Waals surface area contributed by atoms with Crippen LogP contribution < -0.4 is 9.47 Å². The molecule has 0 saturated carbocycles. The second kappa shape index (κ2) is 11.4. The van der Waals surface area contributed by atoms with E-state index in [4.69, 9.17) is 19.2 Å². The Morgan fingerprint density at radius 1 is 1.19 bits per heavy atom. The molecule has 1 aromatic heterocycles. The van der Waals surface area contributed by atoms with E-state index >= 15 is 0 Å². The van der Waals surface area contributed by atoms with E-state index in [9.17, 15) is 9.59 Å². The summed E-state index contributed by atoms with van der Waals surface area (Å²) in [6.45, 7) is 3.35. The fourth-order valence-electron chi connectivity index (χ4n) is 3.16. The number of carbonyl (C=O) groups excluding carboxylic acids is 2. The average molecular weight is 443 g/mol. The van der Waals surface area contributed by atoms with Crippen LogP contribution in [0.1, 0.15) is 30.1 Å². The number of rotatable bonds is 12. The average Bonchev–Trinajstić information content (AvgIpc) is 3.14. The van der Waals surface area contributed by atoms with Gasteiger partial charge in [-0.25, -0.2) is 4.98 Å². The van der Waals surface area contributed by atoms with Crippen LogP contribution in [-0.2, 0) is 16.1 Å². The van der Waals surface area contributed by atoms with Crippen molar-refractivity contribution in [1.29, 1.82) is 0 Å². The lowest BCUT2D eigenvalue weighted by atomic mass is 10.2. The Morgan fingerprint density at radius 3 is 2.81 bits per heavy atom. The molecule has 8 heteroatoms. The number of imidazole rings is 1. The molecule has 7 nitrogen and oxygen atoms in total. The molecule has 3 rings (SSSR count). The highest BCUT2D eigenvalue weighted by atomic mass is 32.2. The predicted molar refractivity (Wildman–Crippen MR) is 120 cm³/mol. The fourth-order valence-corrected chi connectivity index (χ4v) is 4.01. The second-order valence-corrected chi connectivity index (χ2v) is 7.73. The molecule has 0 radical (unpaired) electrons. The first-order valence-electron chi connectivity index (χ1n) is 10.2. The minimum absolute atomic E-state index is 0.177. The van der Waals surface area contributed by atoms with Gasteiger partial charge in [-0.05, 0) is 43.7 Å². The van der Waals surface area contributed by atoms with Crippen molar-refractivity contribution in [3.05, 3.63) is 48.0 Å². The van der Waals surface area contributed by atoms with Crippen molar-refractivity contribution in [1.82, 2.24) is 9.55 Å². The third kappa shape index (κ3) is 6.01. The number of methoxy groups -OCH3 is 1. The van der Waals surface area contributed by atoms with Gasteiger partial charge in [0.1, 0.15) is 6.29 Å². The van der Waals surface area contributed by atoms with Crippen molar-refractivity contribution in [3.8, 4) is 11.5 Å². The minimum atomic E-state index is -0.177. The first-order chi connectivity index (χ1) is 15.2. The minimum Gasteiger partial charge on any atom is -0.493 e. The molecule has 0 aliphatic rings. The summed E-state index contributed by atoms with van der Waals surface area (Å²) in [5.74, 6) is 1.63. The van der Waals surface area contributed by atoms with Crippen LogP contribution in [0.3, 0.4) is 0 Å². The van der Waals surface area contributed by atoms with Gasteiger partial charge in [0.05, 0.1) is 31.4 Å². The van der Waals surface area contributed by atoms with E-state index in [1.807, 2.05) is 31.2 Å². The number of aldehydes is 1. The van der Waals surface area contributed by atoms with Crippen molar-refractivity contribution in [2.75, 3.05) is 26.1 Å². The van der Waals surface area contributed by atoms with Crippen LogP contribution in [0, 0.1) is 0 Å². The summed E-state index contributed by atoms with van der Waals surface area (Å²) in [5.41, 5.74) is 2.50. The molecule has 0 amide bonds. The van der Waals surface area contributed by atoms with E-state index in [1.165, 1.54) is 0 Å². The molecule has 31 heavy (non-hydrogen) atoms. The van der Waals surface area contributed by atoms with Crippen LogP contribution in [0.15, 0.2) is 47.6 Å². The van der Waals surface area contributed by atoms with Gasteiger partial charge in [-0.3, -0.25) is 9.59 Å². The second-order valence-electron chi connectivity index (χ2n) is 6.67. The largest absolute Gasteiger partial charge is 0.493 e. The van der Waals surface area contributed by atoms with Crippen molar-refractivity contribution < 1.29 is 23.8 Å². The van der Waals surface area contributed by atoms with Crippen LogP contribution in [0.2, 0.25) is 0 Å². The number of carbonyl (C=O) groups is 2. The molecule has 0 bridgehead atoms. The number of para-hydroxylation sites is 2. The molecule has 0 saturated heterocycles. The smallest absolute Gasteiger partial charge is 0.305 e. The van der Waals surface area contributed by atoms with E-state index in [0.29, 0.717) is 55.4 Å². The van der Waals surface area contributed by atoms with Gasteiger partial charge in [0.2, 0.25) is 0 Å². The Hall–Kier alpha value is -3.00. The number of fused-ring (bicyclic) bond motifs is 1. The number of esters is 1. The Balaban J connectivity index is 1.62. The summed E-state index contributed by atoms with van der Waals surface area (Å²) in [6, 6.07) is 13.0. The van der Waals surface area contributed by atoms with Crippen molar-refractivity contribution in [3.63, 3.8) is 0 Å². The summed E-state index contributed by atoms with van der Waals surface area (Å²) >= 11 is 1.60. The van der Waals surface area contributed by atoms with E-state index in [-0.39, 0.29) is 5.97 Å². The molecule has 0 fully saturated rings. The van der Waals surface area contributed by atoms with E-state index in [1.54, 1.807) is 37.1 Å². The number of hydrogen-bond acceptors (Lipinski definition) is 7. The van der Waals surface area contributed by atoms with E-state index < -0.39 is 0 Å². The number of hydrogen-bond donors (Lipinski definition) is 0. The SMILES string of the molecule is CCOC(=O)CCCn1c(SCCOc2ccc(C=O)cc2OC)nc2ccccc21. The maximum atomic E-state index is 11.7. The summed E-state index contributed by atoms with van der Waals surface area (Å²) in [7, 11) is 1.55. The third-order valence-electron chi connectivity index (χ3n) is 4.58. The van der Waals surface area contributed by atoms with Gasteiger partial charge in [-0.2, -0.15) is 0 Å². The maximum absolute atomic E-state index is 11.7. The predicted octanol–water partition coefficient (Wildman–Crippen LogP) is 4.37. The maximum Gasteiger partial charge on any atom is 0.305 e. The quantitative estimate of drug-likeness (QED) is 0.178. The van der Waals surface area contributed by atoms with E-state index in [0.717, 1.165) is 22.5 Å². The molecule has 2 aromatic carbocycles. The summed E-state index contributed by atoms with van der Waals surface area (Å²) in [6.07, 6.45) is 1.84. The van der Waals surface area contributed by atoms with Gasteiger partial charge in [0.25, 0.3) is 0 Å². The zero-order valence-electron chi connectivity index (χ0n) is 17.7. The van der Waals surface area contributed by atoms with Gasteiger partial charge < -0.3 is 18.8 Å². The molecule has 0 N–H and O–H groups in total. The van der Waals surface area contributed by atoms with Crippen molar-refractivity contribution in [2.45, 2.75) is 31.5 Å². The first kappa shape index (κ1) is 22.7. The summed E-state index contributed by atoms with van der Waals surface area (Å²) in [4.78, 5) is 27.3. The zero-order chi connectivity index (χ0) is 22.1. The normalized spacial score (nSPS) is 10.8. The monoisotopic (exact) mass is 442 g/mol. The van der Waals surface area contributed by atoms with Gasteiger partial charge in [0, 0.05) is 24.3 Å². The van der Waals surface area contributed by atoms with Crippen LogP contribution in [-0.4, -0.2) is 47.9 Å². The van der Waals surface area contributed by atoms with Crippen molar-refractivity contribution in [2.24, 2.45) is 0 Å². The number of aromatic nitrogens is 2. The molecule has 0 aliphatic heterocycles. The van der Waals surface area contributed by atoms with Crippen LogP contribution in [0.25, 0.3) is 11.0 Å². The topological polar surface area (TPSA) is 79.7 Å². The van der Waals surface area contributed by atoms with Gasteiger partial charge in [0.15, 0.2) is 16.7 Å².